The molecule has 0 aliphatic carbocycles. The molecular formula is C18H43N3. The molecule has 3 nitrogen and oxygen atoms in total. The zero-order valence-corrected chi connectivity index (χ0v) is 15.8. The number of nitrogens with two attached hydrogens (primary N) is 2. The van der Waals surface area contributed by atoms with E-state index in [1.807, 2.05) is 33.9 Å². The van der Waals surface area contributed by atoms with Crippen molar-refractivity contribution in [3.63, 3.8) is 0 Å². The molecule has 21 heavy (non-hydrogen) atoms. The SMILES string of the molecule is C=C.CC.CC.CCCCCCN(N)/C=C(\N)CCCC. The molecule has 0 saturated carbocycles. The molecule has 0 radical (unpaired) electrons. The quantitative estimate of drug-likeness (QED) is 0.253. The fourth-order valence-electron chi connectivity index (χ4n) is 1.44. The molecule has 0 aliphatic heterocycles. The van der Waals surface area contributed by atoms with E-state index in [1.165, 1.54) is 25.7 Å². The second-order valence-electron chi connectivity index (χ2n) is 4.11. The number of hydrogen-bond acceptors (Lipinski definition) is 3. The van der Waals surface area contributed by atoms with Crippen molar-refractivity contribution in [1.82, 2.24) is 5.01 Å². The first-order valence-corrected chi connectivity index (χ1v) is 8.68. The van der Waals surface area contributed by atoms with Crippen LogP contribution >= 0.6 is 0 Å². The van der Waals surface area contributed by atoms with Gasteiger partial charge < -0.3 is 10.7 Å². The van der Waals surface area contributed by atoms with E-state index in [0.717, 1.165) is 31.5 Å². The molecule has 0 aromatic rings. The molecule has 3 heteroatoms. The Balaban J connectivity index is -0.000000212. The third-order valence-electron chi connectivity index (χ3n) is 2.42. The Morgan fingerprint density at radius 2 is 1.38 bits per heavy atom. The number of hydrazine groups is 1. The van der Waals surface area contributed by atoms with Gasteiger partial charge in [-0.2, -0.15) is 0 Å². The molecule has 0 aromatic carbocycles. The van der Waals surface area contributed by atoms with Crippen molar-refractivity contribution in [1.29, 1.82) is 0 Å². The van der Waals surface area contributed by atoms with Crippen molar-refractivity contribution < 1.29 is 0 Å². The topological polar surface area (TPSA) is 55.3 Å². The maximum absolute atomic E-state index is 5.83. The highest BCUT2D eigenvalue weighted by Crippen LogP contribution is 2.03. The van der Waals surface area contributed by atoms with Crippen LogP contribution in [0.15, 0.2) is 25.1 Å². The minimum Gasteiger partial charge on any atom is -0.401 e. The summed E-state index contributed by atoms with van der Waals surface area (Å²) in [5.41, 5.74) is 6.73. The highest BCUT2D eigenvalue weighted by Gasteiger charge is 1.95. The summed E-state index contributed by atoms with van der Waals surface area (Å²) in [6.07, 6.45) is 10.1. The van der Waals surface area contributed by atoms with Crippen molar-refractivity contribution >= 4 is 0 Å². The molecule has 0 saturated heterocycles. The second-order valence-corrected chi connectivity index (χ2v) is 4.11. The molecule has 0 spiro atoms. The first-order valence-electron chi connectivity index (χ1n) is 8.68. The van der Waals surface area contributed by atoms with Gasteiger partial charge in [0.25, 0.3) is 0 Å². The number of nitrogens with zero attached hydrogens (tertiary/aromatic N) is 1. The van der Waals surface area contributed by atoms with E-state index in [2.05, 4.69) is 27.0 Å². The fourth-order valence-corrected chi connectivity index (χ4v) is 1.44. The largest absolute Gasteiger partial charge is 0.401 e. The Morgan fingerprint density at radius 3 is 1.81 bits per heavy atom. The summed E-state index contributed by atoms with van der Waals surface area (Å²) in [6.45, 7) is 19.3. The summed E-state index contributed by atoms with van der Waals surface area (Å²) in [7, 11) is 0. The van der Waals surface area contributed by atoms with Gasteiger partial charge in [-0.05, 0) is 19.3 Å². The van der Waals surface area contributed by atoms with Crippen LogP contribution in [0.4, 0.5) is 0 Å². The monoisotopic (exact) mass is 301 g/mol. The van der Waals surface area contributed by atoms with Gasteiger partial charge in [0, 0.05) is 18.4 Å². The predicted molar refractivity (Wildman–Crippen MR) is 101 cm³/mol. The van der Waals surface area contributed by atoms with Gasteiger partial charge in [0.1, 0.15) is 0 Å². The highest BCUT2D eigenvalue weighted by molar-refractivity contribution is 4.94. The van der Waals surface area contributed by atoms with Gasteiger partial charge in [-0.1, -0.05) is 67.2 Å². The van der Waals surface area contributed by atoms with Gasteiger partial charge >= 0.3 is 0 Å². The normalized spacial score (nSPS) is 9.19. The number of rotatable bonds is 9. The molecule has 0 heterocycles. The first-order chi connectivity index (χ1) is 10.2. The van der Waals surface area contributed by atoms with E-state index < -0.39 is 0 Å². The maximum atomic E-state index is 5.83. The van der Waals surface area contributed by atoms with Crippen LogP contribution < -0.4 is 11.6 Å². The summed E-state index contributed by atoms with van der Waals surface area (Å²) < 4.78 is 0. The van der Waals surface area contributed by atoms with Crippen molar-refractivity contribution in [2.75, 3.05) is 6.54 Å². The number of allylic oxidation sites excluding steroid dienone is 1. The average Bonchev–Trinajstić information content (AvgIpc) is 2.55. The van der Waals surface area contributed by atoms with Gasteiger partial charge in [0.15, 0.2) is 0 Å². The van der Waals surface area contributed by atoms with Gasteiger partial charge in [-0.15, -0.1) is 13.2 Å². The zero-order chi connectivity index (χ0) is 17.5. The van der Waals surface area contributed by atoms with E-state index >= 15 is 0 Å². The van der Waals surface area contributed by atoms with Crippen molar-refractivity contribution in [3.05, 3.63) is 25.1 Å². The van der Waals surface area contributed by atoms with E-state index in [4.69, 9.17) is 11.6 Å². The van der Waals surface area contributed by atoms with Crippen LogP contribution in [0.1, 0.15) is 86.5 Å². The smallest absolute Gasteiger partial charge is 0.0342 e. The number of hydrogen-bond donors (Lipinski definition) is 2. The molecule has 0 aromatic heterocycles. The summed E-state index contributed by atoms with van der Waals surface area (Å²) in [5, 5.41) is 1.72. The van der Waals surface area contributed by atoms with E-state index in [9.17, 15) is 0 Å². The van der Waals surface area contributed by atoms with Crippen LogP contribution in [-0.4, -0.2) is 11.6 Å². The lowest BCUT2D eigenvalue weighted by atomic mass is 10.2. The van der Waals surface area contributed by atoms with Gasteiger partial charge in [0.05, 0.1) is 0 Å². The summed E-state index contributed by atoms with van der Waals surface area (Å²) >= 11 is 0. The van der Waals surface area contributed by atoms with E-state index in [-0.39, 0.29) is 0 Å². The minimum absolute atomic E-state index is 0.898. The second kappa shape index (κ2) is 31.4. The summed E-state index contributed by atoms with van der Waals surface area (Å²) in [5.74, 6) is 5.81. The number of unbranched alkanes of at least 4 members (excludes halogenated alkanes) is 4. The molecule has 0 fully saturated rings. The maximum Gasteiger partial charge on any atom is 0.0342 e. The molecule has 0 unspecified atom stereocenters. The molecule has 0 rings (SSSR count). The van der Waals surface area contributed by atoms with Crippen LogP contribution in [0.2, 0.25) is 0 Å². The van der Waals surface area contributed by atoms with E-state index in [1.54, 1.807) is 5.01 Å². The molecule has 130 valence electrons. The molecule has 0 atom stereocenters. The fraction of sp³-hybridized carbons (Fsp3) is 0.778. The van der Waals surface area contributed by atoms with Crippen LogP contribution in [0, 0.1) is 0 Å². The lowest BCUT2D eigenvalue weighted by Gasteiger charge is -2.14. The average molecular weight is 302 g/mol. The molecule has 0 amide bonds. The Bertz CT molecular complexity index is 179. The third kappa shape index (κ3) is 32.5. The van der Waals surface area contributed by atoms with Crippen LogP contribution in [0.3, 0.4) is 0 Å². The third-order valence-corrected chi connectivity index (χ3v) is 2.42. The van der Waals surface area contributed by atoms with E-state index in [0.29, 0.717) is 0 Å². The lowest BCUT2D eigenvalue weighted by molar-refractivity contribution is 0.373. The van der Waals surface area contributed by atoms with Crippen LogP contribution in [0.5, 0.6) is 0 Å². The Kier molecular flexibility index (Phi) is 42.3. The molecule has 0 bridgehead atoms. The first kappa shape index (κ1) is 28.2. The Morgan fingerprint density at radius 1 is 0.905 bits per heavy atom. The Labute approximate surface area is 135 Å². The minimum atomic E-state index is 0.898. The zero-order valence-electron chi connectivity index (χ0n) is 15.8. The Hall–Kier alpha value is -0.960. The van der Waals surface area contributed by atoms with Gasteiger partial charge in [0.2, 0.25) is 0 Å². The van der Waals surface area contributed by atoms with Crippen molar-refractivity contribution in [3.8, 4) is 0 Å². The van der Waals surface area contributed by atoms with Crippen LogP contribution in [-0.2, 0) is 0 Å². The van der Waals surface area contributed by atoms with Crippen LogP contribution in [0.25, 0.3) is 0 Å². The molecule has 0 aliphatic rings. The lowest BCUT2D eigenvalue weighted by Crippen LogP contribution is -2.27. The predicted octanol–water partition coefficient (Wildman–Crippen LogP) is 5.59. The highest BCUT2D eigenvalue weighted by atomic mass is 15.4. The van der Waals surface area contributed by atoms with Crippen molar-refractivity contribution in [2.45, 2.75) is 86.5 Å². The standard InChI is InChI=1S/C12H27N3.2C2H6.C2H4/c1-3-5-7-8-10-15(14)11-12(13)9-6-4-2;3*1-2/h11H,3-10,13-14H2,1-2H3;2*1-2H3;1-2H2/b12-11-;;;. The van der Waals surface area contributed by atoms with Gasteiger partial charge in [-0.3, -0.25) is 0 Å². The molecule has 4 N–H and O–H groups in total. The molecular weight excluding hydrogens is 258 g/mol. The summed E-state index contributed by atoms with van der Waals surface area (Å²) in [4.78, 5) is 0. The van der Waals surface area contributed by atoms with Crippen molar-refractivity contribution in [2.24, 2.45) is 11.6 Å². The van der Waals surface area contributed by atoms with Gasteiger partial charge in [-0.25, -0.2) is 5.84 Å². The summed E-state index contributed by atoms with van der Waals surface area (Å²) in [6, 6.07) is 0.